The first kappa shape index (κ1) is 94.1. The smallest absolute Gasteiger partial charge is 0.462 e. The van der Waals surface area contributed by atoms with Crippen LogP contribution in [0.15, 0.2) is 0 Å². The molecule has 0 bridgehead atoms. The Labute approximate surface area is 588 Å². The molecular weight excluding hydrogens is 1260 g/mol. The van der Waals surface area contributed by atoms with Gasteiger partial charge in [-0.15, -0.1) is 0 Å². The normalized spacial score (nSPS) is 13.9. The number of aliphatic hydroxyl groups is 1. The third kappa shape index (κ3) is 70.5. The molecule has 0 aromatic carbocycles. The van der Waals surface area contributed by atoms with Crippen molar-refractivity contribution in [3.05, 3.63) is 0 Å². The van der Waals surface area contributed by atoms with Crippen molar-refractivity contribution in [1.29, 1.82) is 0 Å². The molecule has 0 aromatic heterocycles. The molecule has 0 aliphatic rings. The summed E-state index contributed by atoms with van der Waals surface area (Å²) in [5, 5.41) is 10.6. The molecule has 0 spiro atoms. The van der Waals surface area contributed by atoms with Crippen LogP contribution < -0.4 is 0 Å². The lowest BCUT2D eigenvalue weighted by atomic mass is 10.0. The number of esters is 4. The van der Waals surface area contributed by atoms with Gasteiger partial charge in [0, 0.05) is 25.7 Å². The molecule has 0 aromatic rings. The molecule has 0 saturated heterocycles. The minimum absolute atomic E-state index is 0.102. The second-order valence-corrected chi connectivity index (χ2v) is 31.1. The zero-order valence-corrected chi connectivity index (χ0v) is 64.3. The van der Waals surface area contributed by atoms with Gasteiger partial charge in [-0.2, -0.15) is 0 Å². The summed E-state index contributed by atoms with van der Waals surface area (Å²) in [6.07, 6.45) is 60.7. The van der Waals surface area contributed by atoms with E-state index < -0.39 is 97.5 Å². The average molecular weight is 1410 g/mol. The van der Waals surface area contributed by atoms with E-state index in [1.165, 1.54) is 225 Å². The second-order valence-electron chi connectivity index (χ2n) is 28.2. The van der Waals surface area contributed by atoms with Crippen molar-refractivity contribution in [1.82, 2.24) is 0 Å². The number of ether oxygens (including phenoxy) is 4. The number of carbonyl (C=O) groups excluding carboxylic acids is 4. The molecule has 0 amide bonds. The topological polar surface area (TPSA) is 237 Å². The lowest BCUT2D eigenvalue weighted by molar-refractivity contribution is -0.161. The summed E-state index contributed by atoms with van der Waals surface area (Å²) in [5.74, 6) is -1.46. The molecule has 2 unspecified atom stereocenters. The number of phosphoric ester groups is 2. The molecule has 570 valence electrons. The molecule has 19 heteroatoms. The summed E-state index contributed by atoms with van der Waals surface area (Å²) in [6.45, 7) is 7.10. The Morgan fingerprint density at radius 3 is 0.708 bits per heavy atom. The van der Waals surface area contributed by atoms with Crippen LogP contribution in [-0.4, -0.2) is 96.7 Å². The Morgan fingerprint density at radius 2 is 0.479 bits per heavy atom. The Bertz CT molecular complexity index is 1840. The van der Waals surface area contributed by atoms with Crippen LogP contribution in [0.25, 0.3) is 0 Å². The molecule has 0 aliphatic heterocycles. The van der Waals surface area contributed by atoms with Crippen LogP contribution in [0.3, 0.4) is 0 Å². The van der Waals surface area contributed by atoms with E-state index >= 15 is 0 Å². The fourth-order valence-electron chi connectivity index (χ4n) is 11.9. The van der Waals surface area contributed by atoms with Crippen molar-refractivity contribution in [2.24, 2.45) is 5.92 Å². The molecule has 0 aliphatic carbocycles. The summed E-state index contributed by atoms with van der Waals surface area (Å²) in [6, 6.07) is 0. The highest BCUT2D eigenvalue weighted by Gasteiger charge is 2.30. The Balaban J connectivity index is 5.07. The lowest BCUT2D eigenvalue weighted by Crippen LogP contribution is -2.30. The van der Waals surface area contributed by atoms with E-state index in [0.29, 0.717) is 31.6 Å². The Hall–Kier alpha value is -1.94. The fourth-order valence-corrected chi connectivity index (χ4v) is 13.5. The first-order valence-corrected chi connectivity index (χ1v) is 43.1. The number of aliphatic hydroxyl groups excluding tert-OH is 1. The molecular formula is C77H150O17P2. The highest BCUT2D eigenvalue weighted by Crippen LogP contribution is 2.45. The molecule has 3 N–H and O–H groups in total. The van der Waals surface area contributed by atoms with Crippen LogP contribution in [0.5, 0.6) is 0 Å². The predicted octanol–water partition coefficient (Wildman–Crippen LogP) is 22.9. The van der Waals surface area contributed by atoms with Crippen LogP contribution in [0, 0.1) is 5.92 Å². The van der Waals surface area contributed by atoms with Gasteiger partial charge in [-0.25, -0.2) is 9.13 Å². The molecule has 0 radical (unpaired) electrons. The molecule has 0 fully saturated rings. The van der Waals surface area contributed by atoms with Gasteiger partial charge in [0.15, 0.2) is 12.2 Å². The number of unbranched alkanes of at least 4 members (excludes halogenated alkanes) is 49. The van der Waals surface area contributed by atoms with Gasteiger partial charge >= 0.3 is 39.5 Å². The van der Waals surface area contributed by atoms with Gasteiger partial charge in [-0.3, -0.25) is 37.3 Å². The minimum atomic E-state index is -4.96. The van der Waals surface area contributed by atoms with Gasteiger partial charge < -0.3 is 33.8 Å². The maximum absolute atomic E-state index is 13.1. The van der Waals surface area contributed by atoms with Crippen molar-refractivity contribution in [3.8, 4) is 0 Å². The van der Waals surface area contributed by atoms with Crippen molar-refractivity contribution in [2.75, 3.05) is 39.6 Å². The van der Waals surface area contributed by atoms with Gasteiger partial charge in [-0.05, 0) is 31.6 Å². The first-order chi connectivity index (χ1) is 46.5. The number of hydrogen-bond donors (Lipinski definition) is 3. The SMILES string of the molecule is CCCCCCCCCCCCCCCCCCCCCCCC(=O)OC[C@H](COP(=O)(O)OC[C@@H](O)COP(=O)(O)OC[C@@H](COC(=O)CCCCCCC)OC(=O)CCCCCCCCC(C)C)OC(=O)CCCCCCCCCCCCCCCCCCCCCCC. The molecule has 0 saturated carbocycles. The van der Waals surface area contributed by atoms with Crippen molar-refractivity contribution in [2.45, 2.75) is 425 Å². The Kier molecular flexibility index (Phi) is 68.7. The van der Waals surface area contributed by atoms with Crippen molar-refractivity contribution >= 4 is 39.5 Å². The first-order valence-electron chi connectivity index (χ1n) is 40.1. The van der Waals surface area contributed by atoms with Gasteiger partial charge in [0.2, 0.25) is 0 Å². The quantitative estimate of drug-likeness (QED) is 0.0222. The van der Waals surface area contributed by atoms with E-state index in [1.807, 2.05) is 0 Å². The van der Waals surface area contributed by atoms with Crippen LogP contribution in [0.2, 0.25) is 0 Å². The fraction of sp³-hybridized carbons (Fsp3) is 0.948. The van der Waals surface area contributed by atoms with E-state index in [1.54, 1.807) is 0 Å². The van der Waals surface area contributed by atoms with Crippen LogP contribution in [-0.2, 0) is 65.4 Å². The summed E-state index contributed by atoms with van der Waals surface area (Å²) in [4.78, 5) is 72.4. The van der Waals surface area contributed by atoms with E-state index in [-0.39, 0.29) is 25.7 Å². The minimum Gasteiger partial charge on any atom is -0.462 e. The van der Waals surface area contributed by atoms with E-state index in [0.717, 1.165) is 96.3 Å². The number of carbonyl (C=O) groups is 4. The standard InChI is InChI=1S/C77H150O17P2/c1-6-9-12-15-17-19-21-23-25-27-29-31-33-35-37-39-41-43-45-51-56-61-75(80)88-67-73(93-76(81)62-57-52-46-44-42-40-38-36-34-32-30-28-26-24-22-20-18-16-13-10-7-2)69-92-96(85,86)90-65-71(78)64-89-95(83,84)91-68-72(66-87-74(79)60-55-49-14-11-8-3)94-77(82)63-58-53-48-47-50-54-59-70(4)5/h70-73,78H,6-69H2,1-5H3,(H,83,84)(H,85,86)/t71-,72+,73+/m0/s1. The molecule has 0 heterocycles. The second kappa shape index (κ2) is 70.1. The van der Waals surface area contributed by atoms with Gasteiger partial charge in [0.1, 0.15) is 19.3 Å². The van der Waals surface area contributed by atoms with E-state index in [2.05, 4.69) is 34.6 Å². The Morgan fingerprint density at radius 1 is 0.281 bits per heavy atom. The monoisotopic (exact) mass is 1410 g/mol. The van der Waals surface area contributed by atoms with E-state index in [9.17, 15) is 43.2 Å². The number of phosphoric acid groups is 2. The zero-order chi connectivity index (χ0) is 70.5. The summed E-state index contributed by atoms with van der Waals surface area (Å²) < 4.78 is 68.2. The van der Waals surface area contributed by atoms with Gasteiger partial charge in [0.25, 0.3) is 0 Å². The molecule has 0 rings (SSSR count). The summed E-state index contributed by atoms with van der Waals surface area (Å²) >= 11 is 0. The van der Waals surface area contributed by atoms with E-state index in [4.69, 9.17) is 37.0 Å². The van der Waals surface area contributed by atoms with Crippen molar-refractivity contribution in [3.63, 3.8) is 0 Å². The van der Waals surface area contributed by atoms with Crippen molar-refractivity contribution < 1.29 is 80.2 Å². The highest BCUT2D eigenvalue weighted by atomic mass is 31.2. The van der Waals surface area contributed by atoms with Crippen LogP contribution in [0.4, 0.5) is 0 Å². The van der Waals surface area contributed by atoms with Crippen LogP contribution in [0.1, 0.15) is 407 Å². The summed E-state index contributed by atoms with van der Waals surface area (Å²) in [5.41, 5.74) is 0. The summed E-state index contributed by atoms with van der Waals surface area (Å²) in [7, 11) is -9.90. The maximum Gasteiger partial charge on any atom is 0.472 e. The average Bonchev–Trinajstić information content (AvgIpc) is 1.62. The van der Waals surface area contributed by atoms with Gasteiger partial charge in [0.05, 0.1) is 26.4 Å². The molecule has 5 atom stereocenters. The maximum atomic E-state index is 13.1. The molecule has 17 nitrogen and oxygen atoms in total. The third-order valence-corrected chi connectivity index (χ3v) is 19.9. The zero-order valence-electron chi connectivity index (χ0n) is 62.5. The third-order valence-electron chi connectivity index (χ3n) is 18.0. The predicted molar refractivity (Wildman–Crippen MR) is 391 cm³/mol. The number of rotatable bonds is 77. The lowest BCUT2D eigenvalue weighted by Gasteiger charge is -2.21. The largest absolute Gasteiger partial charge is 0.472 e. The highest BCUT2D eigenvalue weighted by molar-refractivity contribution is 7.47. The molecule has 96 heavy (non-hydrogen) atoms. The van der Waals surface area contributed by atoms with Gasteiger partial charge in [-0.1, -0.05) is 356 Å². The number of hydrogen-bond acceptors (Lipinski definition) is 15. The van der Waals surface area contributed by atoms with Crippen LogP contribution >= 0.6 is 15.6 Å².